The summed E-state index contributed by atoms with van der Waals surface area (Å²) in [4.78, 5) is 0. The molecule has 0 saturated heterocycles. The predicted molar refractivity (Wildman–Crippen MR) is 78.4 cm³/mol. The Bertz CT molecular complexity index is 389. The highest BCUT2D eigenvalue weighted by molar-refractivity contribution is 5.18. The van der Waals surface area contributed by atoms with Crippen molar-refractivity contribution in [1.82, 2.24) is 0 Å². The first-order chi connectivity index (χ1) is 8.88. The molecule has 0 fully saturated rings. The largest absolute Gasteiger partial charge is 0.0622 e. The van der Waals surface area contributed by atoms with Gasteiger partial charge in [0.1, 0.15) is 0 Å². The second kappa shape index (κ2) is 7.00. The van der Waals surface area contributed by atoms with Crippen LogP contribution in [-0.4, -0.2) is 0 Å². The van der Waals surface area contributed by atoms with E-state index in [1.165, 1.54) is 17.5 Å². The van der Waals surface area contributed by atoms with Gasteiger partial charge in [-0.2, -0.15) is 0 Å². The summed E-state index contributed by atoms with van der Waals surface area (Å²) in [6, 6.07) is 21.6. The Morgan fingerprint density at radius 2 is 1.17 bits per heavy atom. The molecule has 2 aromatic rings. The van der Waals surface area contributed by atoms with Gasteiger partial charge in [-0.3, -0.25) is 0 Å². The van der Waals surface area contributed by atoms with Gasteiger partial charge in [0.25, 0.3) is 0 Å². The molecule has 18 heavy (non-hydrogen) atoms. The standard InChI is InChI=1S/C18H21/c1-2-9-18(14-16-10-5-3-6-11-16)15-17-12-7-4-8-13-17/h3-8,10-13,18H,1-2,9,14-15H2. The maximum Gasteiger partial charge on any atom is -0.0247 e. The molecule has 93 valence electrons. The highest BCUT2D eigenvalue weighted by Gasteiger charge is 2.09. The number of hydrogen-bond donors (Lipinski definition) is 0. The van der Waals surface area contributed by atoms with Crippen LogP contribution in [0.1, 0.15) is 24.0 Å². The fourth-order valence-corrected chi connectivity index (χ4v) is 2.46. The van der Waals surface area contributed by atoms with Gasteiger partial charge >= 0.3 is 0 Å². The Morgan fingerprint density at radius 3 is 1.56 bits per heavy atom. The molecule has 1 radical (unpaired) electrons. The maximum atomic E-state index is 4.01. The summed E-state index contributed by atoms with van der Waals surface area (Å²) < 4.78 is 0. The van der Waals surface area contributed by atoms with E-state index in [1.54, 1.807) is 0 Å². The van der Waals surface area contributed by atoms with E-state index in [0.29, 0.717) is 5.92 Å². The zero-order valence-electron chi connectivity index (χ0n) is 10.9. The summed E-state index contributed by atoms with van der Waals surface area (Å²) in [5, 5.41) is 0. The van der Waals surface area contributed by atoms with Crippen LogP contribution in [0.4, 0.5) is 0 Å². The lowest BCUT2D eigenvalue weighted by atomic mass is 9.89. The molecule has 0 aliphatic rings. The number of benzene rings is 2. The number of hydrogen-bond acceptors (Lipinski definition) is 0. The fraction of sp³-hybridized carbons (Fsp3) is 0.278. The Balaban J connectivity index is 2.00. The van der Waals surface area contributed by atoms with E-state index in [2.05, 4.69) is 67.6 Å². The van der Waals surface area contributed by atoms with Crippen LogP contribution in [0.15, 0.2) is 60.7 Å². The van der Waals surface area contributed by atoms with Gasteiger partial charge in [0.2, 0.25) is 0 Å². The van der Waals surface area contributed by atoms with Crippen molar-refractivity contribution in [3.05, 3.63) is 78.7 Å². The zero-order valence-corrected chi connectivity index (χ0v) is 10.9. The summed E-state index contributed by atoms with van der Waals surface area (Å²) in [7, 11) is 0. The molecule has 0 atom stereocenters. The summed E-state index contributed by atoms with van der Waals surface area (Å²) >= 11 is 0. The SMILES string of the molecule is [CH2]CCC(Cc1ccccc1)Cc1ccccc1. The third-order valence-corrected chi connectivity index (χ3v) is 3.35. The van der Waals surface area contributed by atoms with Crippen molar-refractivity contribution < 1.29 is 0 Å². The van der Waals surface area contributed by atoms with Crippen LogP contribution in [0.3, 0.4) is 0 Å². The Kier molecular flexibility index (Phi) is 5.01. The topological polar surface area (TPSA) is 0 Å². The molecule has 0 nitrogen and oxygen atoms in total. The van der Waals surface area contributed by atoms with Crippen molar-refractivity contribution in [2.75, 3.05) is 0 Å². The van der Waals surface area contributed by atoms with Gasteiger partial charge in [0.15, 0.2) is 0 Å². The zero-order chi connectivity index (χ0) is 12.6. The van der Waals surface area contributed by atoms with Crippen molar-refractivity contribution in [1.29, 1.82) is 0 Å². The van der Waals surface area contributed by atoms with Gasteiger partial charge in [-0.15, -0.1) is 0 Å². The molecule has 2 aromatic carbocycles. The third kappa shape index (κ3) is 4.03. The van der Waals surface area contributed by atoms with Crippen molar-refractivity contribution in [3.8, 4) is 0 Å². The summed E-state index contributed by atoms with van der Waals surface area (Å²) in [6.07, 6.45) is 4.53. The van der Waals surface area contributed by atoms with Gasteiger partial charge in [-0.1, -0.05) is 74.0 Å². The second-order valence-corrected chi connectivity index (χ2v) is 4.89. The first-order valence-electron chi connectivity index (χ1n) is 6.75. The quantitative estimate of drug-likeness (QED) is 0.683. The van der Waals surface area contributed by atoms with Crippen LogP contribution in [-0.2, 0) is 12.8 Å². The van der Waals surface area contributed by atoms with Crippen LogP contribution >= 0.6 is 0 Å². The van der Waals surface area contributed by atoms with Gasteiger partial charge in [0.05, 0.1) is 0 Å². The molecule has 0 saturated carbocycles. The highest BCUT2D eigenvalue weighted by Crippen LogP contribution is 2.19. The van der Waals surface area contributed by atoms with Crippen molar-refractivity contribution in [2.45, 2.75) is 25.7 Å². The van der Waals surface area contributed by atoms with Crippen LogP contribution in [0, 0.1) is 12.8 Å². The molecule has 0 spiro atoms. The molecule has 0 unspecified atom stereocenters. The van der Waals surface area contributed by atoms with Crippen LogP contribution in [0.5, 0.6) is 0 Å². The molecule has 0 aromatic heterocycles. The molecule has 0 heteroatoms. The summed E-state index contributed by atoms with van der Waals surface area (Å²) in [5.41, 5.74) is 2.87. The summed E-state index contributed by atoms with van der Waals surface area (Å²) in [6.45, 7) is 4.01. The highest BCUT2D eigenvalue weighted by atomic mass is 14.1. The van der Waals surface area contributed by atoms with E-state index >= 15 is 0 Å². The third-order valence-electron chi connectivity index (χ3n) is 3.35. The molecule has 0 amide bonds. The van der Waals surface area contributed by atoms with Crippen LogP contribution in [0.2, 0.25) is 0 Å². The van der Waals surface area contributed by atoms with Gasteiger partial charge in [0, 0.05) is 0 Å². The van der Waals surface area contributed by atoms with Crippen molar-refractivity contribution in [3.63, 3.8) is 0 Å². The monoisotopic (exact) mass is 237 g/mol. The first-order valence-corrected chi connectivity index (χ1v) is 6.75. The minimum Gasteiger partial charge on any atom is -0.0622 e. The Labute approximate surface area is 111 Å². The molecule has 0 aliphatic carbocycles. The molecule has 0 aliphatic heterocycles. The van der Waals surface area contributed by atoms with E-state index in [0.717, 1.165) is 19.3 Å². The fourth-order valence-electron chi connectivity index (χ4n) is 2.46. The minimum atomic E-state index is 0.701. The smallest absolute Gasteiger partial charge is 0.0247 e. The first kappa shape index (κ1) is 12.9. The van der Waals surface area contributed by atoms with Gasteiger partial charge in [-0.25, -0.2) is 0 Å². The van der Waals surface area contributed by atoms with Crippen LogP contribution in [0.25, 0.3) is 0 Å². The lowest BCUT2D eigenvalue weighted by molar-refractivity contribution is 0.484. The Hall–Kier alpha value is -1.56. The van der Waals surface area contributed by atoms with E-state index in [1.807, 2.05) is 0 Å². The van der Waals surface area contributed by atoms with E-state index in [9.17, 15) is 0 Å². The van der Waals surface area contributed by atoms with Gasteiger partial charge < -0.3 is 0 Å². The molecular formula is C18H21. The van der Waals surface area contributed by atoms with E-state index < -0.39 is 0 Å². The average Bonchev–Trinajstić information content (AvgIpc) is 2.41. The molecular weight excluding hydrogens is 216 g/mol. The minimum absolute atomic E-state index is 0.701. The molecule has 2 rings (SSSR count). The van der Waals surface area contributed by atoms with Crippen molar-refractivity contribution in [2.24, 2.45) is 5.92 Å². The van der Waals surface area contributed by atoms with E-state index in [-0.39, 0.29) is 0 Å². The maximum absolute atomic E-state index is 4.01. The number of rotatable bonds is 6. The molecule has 0 bridgehead atoms. The van der Waals surface area contributed by atoms with Gasteiger partial charge in [-0.05, 0) is 36.3 Å². The molecule has 0 heterocycles. The lowest BCUT2D eigenvalue weighted by Gasteiger charge is -2.16. The normalized spacial score (nSPS) is 10.8. The average molecular weight is 237 g/mol. The molecule has 0 N–H and O–H groups in total. The lowest BCUT2D eigenvalue weighted by Crippen LogP contribution is -2.08. The van der Waals surface area contributed by atoms with Crippen molar-refractivity contribution >= 4 is 0 Å². The Morgan fingerprint density at radius 1 is 0.722 bits per heavy atom. The van der Waals surface area contributed by atoms with Crippen LogP contribution < -0.4 is 0 Å². The van der Waals surface area contributed by atoms with E-state index in [4.69, 9.17) is 0 Å². The second-order valence-electron chi connectivity index (χ2n) is 4.89. The summed E-state index contributed by atoms with van der Waals surface area (Å²) in [5.74, 6) is 0.701. The predicted octanol–water partition coefficient (Wildman–Crippen LogP) is 4.70.